The number of benzene rings is 2. The molecule has 20 heavy (non-hydrogen) atoms. The van der Waals surface area contributed by atoms with Gasteiger partial charge in [-0.15, -0.1) is 0 Å². The number of nitrogens with one attached hydrogen (secondary N) is 1. The molecule has 2 aromatic carbocycles. The Hall–Kier alpha value is -0.720. The third kappa shape index (κ3) is 3.48. The van der Waals surface area contributed by atoms with Crippen molar-refractivity contribution in [2.24, 2.45) is 0 Å². The summed E-state index contributed by atoms with van der Waals surface area (Å²) in [5.41, 5.74) is 1.73. The van der Waals surface area contributed by atoms with Crippen molar-refractivity contribution in [1.82, 2.24) is 0 Å². The smallest absolute Gasteiger partial charge is 0.256 e. The Morgan fingerprint density at radius 3 is 2.45 bits per heavy atom. The first-order valence-electron chi connectivity index (χ1n) is 5.60. The Labute approximate surface area is 141 Å². The van der Waals surface area contributed by atoms with Gasteiger partial charge < -0.3 is 5.32 Å². The first-order chi connectivity index (χ1) is 9.38. The minimum atomic E-state index is -0.356. The van der Waals surface area contributed by atoms with Gasteiger partial charge in [0.25, 0.3) is 5.91 Å². The Bertz CT molecular complexity index is 688. The van der Waals surface area contributed by atoms with Gasteiger partial charge in [-0.25, -0.2) is 4.39 Å². The Morgan fingerprint density at radius 1 is 1.10 bits per heavy atom. The van der Waals surface area contributed by atoms with Gasteiger partial charge in [0.15, 0.2) is 0 Å². The van der Waals surface area contributed by atoms with Crippen LogP contribution in [0.5, 0.6) is 0 Å². The lowest BCUT2D eigenvalue weighted by atomic mass is 10.1. The number of carbonyl (C=O) groups excluding carboxylic acids is 1. The summed E-state index contributed by atoms with van der Waals surface area (Å²) in [5.74, 6) is -0.615. The van der Waals surface area contributed by atoms with E-state index in [2.05, 4.69) is 53.1 Å². The molecular formula is C14H9Br3FNO. The molecule has 0 saturated heterocycles. The third-order valence-corrected chi connectivity index (χ3v) is 4.45. The molecule has 0 unspecified atom stereocenters. The number of halogens is 4. The van der Waals surface area contributed by atoms with Crippen LogP contribution >= 0.6 is 47.8 Å². The second-order valence-corrected chi connectivity index (χ2v) is 6.78. The maximum absolute atomic E-state index is 13.4. The highest BCUT2D eigenvalue weighted by molar-refractivity contribution is 9.11. The van der Waals surface area contributed by atoms with Crippen LogP contribution in [0.25, 0.3) is 0 Å². The Kier molecular flexibility index (Phi) is 4.99. The van der Waals surface area contributed by atoms with E-state index in [1.807, 2.05) is 0 Å². The van der Waals surface area contributed by atoms with Gasteiger partial charge in [0.05, 0.1) is 10.0 Å². The standard InChI is InChI=1S/C14H9Br3FNO/c1-7-4-12(18)11(17)6-13(7)19-14(20)9-3-2-8(15)5-10(9)16/h2-6H,1H3,(H,19,20). The minimum Gasteiger partial charge on any atom is -0.322 e. The van der Waals surface area contributed by atoms with Crippen molar-refractivity contribution >= 4 is 59.4 Å². The van der Waals surface area contributed by atoms with Crippen LogP contribution in [0.4, 0.5) is 10.1 Å². The van der Waals surface area contributed by atoms with Crippen molar-refractivity contribution in [3.63, 3.8) is 0 Å². The summed E-state index contributed by atoms with van der Waals surface area (Å²) in [4.78, 5) is 12.2. The van der Waals surface area contributed by atoms with Gasteiger partial charge in [-0.2, -0.15) is 0 Å². The molecule has 0 heterocycles. The van der Waals surface area contributed by atoms with Gasteiger partial charge in [-0.3, -0.25) is 4.79 Å². The van der Waals surface area contributed by atoms with E-state index in [1.54, 1.807) is 31.2 Å². The number of aryl methyl sites for hydroxylation is 1. The van der Waals surface area contributed by atoms with E-state index in [0.717, 1.165) is 4.47 Å². The fraction of sp³-hybridized carbons (Fsp3) is 0.0714. The molecule has 2 aromatic rings. The topological polar surface area (TPSA) is 29.1 Å². The average Bonchev–Trinajstić information content (AvgIpc) is 2.35. The molecule has 0 aliphatic rings. The Morgan fingerprint density at radius 2 is 1.80 bits per heavy atom. The number of amides is 1. The fourth-order valence-corrected chi connectivity index (χ4v) is 3.21. The van der Waals surface area contributed by atoms with Gasteiger partial charge in [0.1, 0.15) is 5.82 Å². The zero-order valence-electron chi connectivity index (χ0n) is 10.3. The van der Waals surface area contributed by atoms with Crippen LogP contribution in [0.1, 0.15) is 15.9 Å². The molecule has 2 rings (SSSR count). The Balaban J connectivity index is 2.30. The molecule has 0 aromatic heterocycles. The van der Waals surface area contributed by atoms with E-state index in [1.165, 1.54) is 6.07 Å². The third-order valence-electron chi connectivity index (χ3n) is 2.69. The molecule has 0 bridgehead atoms. The molecular weight excluding hydrogens is 457 g/mol. The number of anilines is 1. The van der Waals surface area contributed by atoms with Crippen LogP contribution in [0.2, 0.25) is 0 Å². The second kappa shape index (κ2) is 6.37. The van der Waals surface area contributed by atoms with E-state index in [9.17, 15) is 9.18 Å². The van der Waals surface area contributed by atoms with Crippen molar-refractivity contribution in [3.05, 3.63) is 60.7 Å². The first kappa shape index (κ1) is 15.7. The lowest BCUT2D eigenvalue weighted by Gasteiger charge is -2.11. The van der Waals surface area contributed by atoms with Crippen molar-refractivity contribution in [1.29, 1.82) is 0 Å². The molecule has 0 fully saturated rings. The number of hydrogen-bond donors (Lipinski definition) is 1. The quantitative estimate of drug-likeness (QED) is 0.608. The van der Waals surface area contributed by atoms with Crippen molar-refractivity contribution < 1.29 is 9.18 Å². The summed E-state index contributed by atoms with van der Waals surface area (Å²) in [6.45, 7) is 1.74. The monoisotopic (exact) mass is 463 g/mol. The number of hydrogen-bond acceptors (Lipinski definition) is 1. The largest absolute Gasteiger partial charge is 0.322 e. The maximum atomic E-state index is 13.4. The van der Waals surface area contributed by atoms with E-state index in [-0.39, 0.29) is 11.7 Å². The van der Waals surface area contributed by atoms with Crippen molar-refractivity contribution in [2.45, 2.75) is 6.92 Å². The lowest BCUT2D eigenvalue weighted by Crippen LogP contribution is -2.13. The number of carbonyl (C=O) groups is 1. The van der Waals surface area contributed by atoms with Crippen molar-refractivity contribution in [3.8, 4) is 0 Å². The molecule has 0 atom stereocenters. The van der Waals surface area contributed by atoms with E-state index in [4.69, 9.17) is 0 Å². The molecule has 0 radical (unpaired) electrons. The molecule has 0 aliphatic heterocycles. The summed E-state index contributed by atoms with van der Waals surface area (Å²) in [6, 6.07) is 8.21. The highest BCUT2D eigenvalue weighted by Gasteiger charge is 2.13. The highest BCUT2D eigenvalue weighted by atomic mass is 79.9. The summed E-state index contributed by atoms with van der Waals surface area (Å²) in [6.07, 6.45) is 0. The minimum absolute atomic E-state index is 0.258. The van der Waals surface area contributed by atoms with Gasteiger partial charge >= 0.3 is 0 Å². The van der Waals surface area contributed by atoms with Gasteiger partial charge in [0.2, 0.25) is 0 Å². The van der Waals surface area contributed by atoms with E-state index < -0.39 is 0 Å². The predicted octanol–water partition coefficient (Wildman–Crippen LogP) is 5.67. The van der Waals surface area contributed by atoms with Crippen LogP contribution < -0.4 is 5.32 Å². The number of rotatable bonds is 2. The molecule has 2 nitrogen and oxygen atoms in total. The molecule has 6 heteroatoms. The molecule has 1 N–H and O–H groups in total. The van der Waals surface area contributed by atoms with E-state index in [0.29, 0.717) is 25.8 Å². The summed E-state index contributed by atoms with van der Waals surface area (Å²) < 4.78 is 15.2. The molecule has 0 spiro atoms. The molecule has 0 saturated carbocycles. The van der Waals surface area contributed by atoms with Gasteiger partial charge in [-0.1, -0.05) is 15.9 Å². The molecule has 1 amide bonds. The predicted molar refractivity (Wildman–Crippen MR) is 88.6 cm³/mol. The normalized spacial score (nSPS) is 10.4. The summed E-state index contributed by atoms with van der Waals surface area (Å²) in [5, 5.41) is 2.77. The van der Waals surface area contributed by atoms with Gasteiger partial charge in [-0.05, 0) is 74.7 Å². The molecule has 0 aliphatic carbocycles. The SMILES string of the molecule is Cc1cc(F)c(Br)cc1NC(=O)c1ccc(Br)cc1Br. The zero-order valence-corrected chi connectivity index (χ0v) is 15.1. The zero-order chi connectivity index (χ0) is 14.9. The molecule has 104 valence electrons. The maximum Gasteiger partial charge on any atom is 0.256 e. The lowest BCUT2D eigenvalue weighted by molar-refractivity contribution is 0.102. The summed E-state index contributed by atoms with van der Waals surface area (Å²) in [7, 11) is 0. The van der Waals surface area contributed by atoms with Crippen LogP contribution in [0.15, 0.2) is 43.7 Å². The van der Waals surface area contributed by atoms with E-state index >= 15 is 0 Å². The van der Waals surface area contributed by atoms with Crippen LogP contribution in [0, 0.1) is 12.7 Å². The van der Waals surface area contributed by atoms with Gasteiger partial charge in [0, 0.05) is 14.6 Å². The second-order valence-electron chi connectivity index (χ2n) is 4.16. The van der Waals surface area contributed by atoms with Crippen LogP contribution in [-0.4, -0.2) is 5.91 Å². The highest BCUT2D eigenvalue weighted by Crippen LogP contribution is 2.26. The van der Waals surface area contributed by atoms with Crippen LogP contribution in [-0.2, 0) is 0 Å². The fourth-order valence-electron chi connectivity index (χ4n) is 1.64. The van der Waals surface area contributed by atoms with Crippen molar-refractivity contribution in [2.75, 3.05) is 5.32 Å². The first-order valence-corrected chi connectivity index (χ1v) is 7.98. The average molecular weight is 466 g/mol. The van der Waals surface area contributed by atoms with Crippen LogP contribution in [0.3, 0.4) is 0 Å². The summed E-state index contributed by atoms with van der Waals surface area (Å²) >= 11 is 9.79.